The highest BCUT2D eigenvalue weighted by Crippen LogP contribution is 2.10. The summed E-state index contributed by atoms with van der Waals surface area (Å²) >= 11 is 5.76. The fourth-order valence-corrected chi connectivity index (χ4v) is 1.54. The Hall–Kier alpha value is -2.13. The second-order valence-corrected chi connectivity index (χ2v) is 4.20. The molecule has 0 bridgehead atoms. The number of anilines is 1. The van der Waals surface area contributed by atoms with Crippen LogP contribution < -0.4 is 10.3 Å². The average Bonchev–Trinajstić information content (AvgIpc) is 2.38. The smallest absolute Gasteiger partial charge is 0.191 e. The highest BCUT2D eigenvalue weighted by atomic mass is 35.5. The number of nitrogen functional groups attached to an aromatic ring is 1. The van der Waals surface area contributed by atoms with Crippen LogP contribution in [0.15, 0.2) is 54.9 Å². The molecule has 1 aromatic carbocycles. The van der Waals surface area contributed by atoms with Crippen LogP contribution in [0.25, 0.3) is 6.20 Å². The number of aromatic nitrogens is 1. The van der Waals surface area contributed by atoms with Crippen molar-refractivity contribution in [1.29, 1.82) is 0 Å². The molecular weight excluding hydrogens is 248 g/mol. The third kappa shape index (κ3) is 3.18. The summed E-state index contributed by atoms with van der Waals surface area (Å²) in [5.41, 5.74) is 6.86. The summed E-state index contributed by atoms with van der Waals surface area (Å²) in [6.07, 6.45) is 6.73. The van der Waals surface area contributed by atoms with Crippen molar-refractivity contribution in [3.05, 3.63) is 65.5 Å². The number of hydrogen-bond acceptors (Lipinski definition) is 2. The lowest BCUT2D eigenvalue weighted by Gasteiger charge is -1.94. The number of ketones is 1. The van der Waals surface area contributed by atoms with Gasteiger partial charge in [-0.3, -0.25) is 4.79 Å². The summed E-state index contributed by atoms with van der Waals surface area (Å²) in [5, 5.41) is 0.614. The van der Waals surface area contributed by atoms with E-state index in [1.807, 2.05) is 0 Å². The monoisotopic (exact) mass is 259 g/mol. The molecule has 0 spiro atoms. The Bertz CT molecular complexity index is 574. The van der Waals surface area contributed by atoms with E-state index in [9.17, 15) is 4.79 Å². The van der Waals surface area contributed by atoms with Crippen molar-refractivity contribution in [3.8, 4) is 0 Å². The molecule has 2 rings (SSSR count). The molecule has 0 atom stereocenters. The van der Waals surface area contributed by atoms with E-state index in [1.165, 1.54) is 6.08 Å². The maximum Gasteiger partial charge on any atom is 0.191 e. The average molecular weight is 260 g/mol. The minimum atomic E-state index is -0.0732. The SMILES string of the molecule is Nc1cc[n+](C=CC(=O)c2ccc(Cl)cc2)cc1. The molecule has 2 aromatic rings. The first-order valence-corrected chi connectivity index (χ1v) is 5.77. The molecule has 18 heavy (non-hydrogen) atoms. The molecular formula is C14H12ClN2O+. The molecule has 0 unspecified atom stereocenters. The fraction of sp³-hybridized carbons (Fsp3) is 0. The summed E-state index contributed by atoms with van der Waals surface area (Å²) < 4.78 is 1.75. The molecule has 0 saturated carbocycles. The Labute approximate surface area is 110 Å². The number of allylic oxidation sites excluding steroid dienone is 1. The van der Waals surface area contributed by atoms with E-state index in [0.717, 1.165) is 0 Å². The first-order chi connectivity index (χ1) is 8.65. The number of nitrogens with zero attached hydrogens (tertiary/aromatic N) is 1. The standard InChI is InChI=1S/C14H11ClN2O/c15-12-3-1-11(2-4-12)14(18)7-10-17-8-5-13(16)6-9-17/h1-10,16H/p+1. The molecule has 0 amide bonds. The highest BCUT2D eigenvalue weighted by Gasteiger charge is 2.03. The van der Waals surface area contributed by atoms with Gasteiger partial charge in [-0.25, -0.2) is 0 Å². The largest absolute Gasteiger partial charge is 0.398 e. The van der Waals surface area contributed by atoms with Gasteiger partial charge in [-0.2, -0.15) is 4.57 Å². The normalized spacial score (nSPS) is 10.7. The molecule has 0 aliphatic heterocycles. The minimum absolute atomic E-state index is 0.0732. The first kappa shape index (κ1) is 12.3. The predicted molar refractivity (Wildman–Crippen MR) is 72.2 cm³/mol. The molecule has 1 aromatic heterocycles. The number of carbonyl (C=O) groups excluding carboxylic acids is 1. The maximum atomic E-state index is 11.8. The van der Waals surface area contributed by atoms with E-state index in [1.54, 1.807) is 59.6 Å². The van der Waals surface area contributed by atoms with Gasteiger partial charge in [0.25, 0.3) is 0 Å². The zero-order chi connectivity index (χ0) is 13.0. The number of carbonyl (C=O) groups is 1. The van der Waals surface area contributed by atoms with Crippen LogP contribution in [0.1, 0.15) is 10.4 Å². The highest BCUT2D eigenvalue weighted by molar-refractivity contribution is 6.30. The summed E-state index contributed by atoms with van der Waals surface area (Å²) in [6, 6.07) is 10.3. The third-order valence-electron chi connectivity index (χ3n) is 2.41. The van der Waals surface area contributed by atoms with Crippen LogP contribution in [0, 0.1) is 0 Å². The molecule has 4 heteroatoms. The molecule has 90 valence electrons. The second kappa shape index (κ2) is 5.47. The third-order valence-corrected chi connectivity index (χ3v) is 2.66. The molecule has 0 fully saturated rings. The second-order valence-electron chi connectivity index (χ2n) is 3.77. The van der Waals surface area contributed by atoms with Crippen molar-refractivity contribution >= 4 is 29.3 Å². The quantitative estimate of drug-likeness (QED) is 0.523. The van der Waals surface area contributed by atoms with Crippen LogP contribution in [0.2, 0.25) is 5.02 Å². The van der Waals surface area contributed by atoms with E-state index in [2.05, 4.69) is 0 Å². The van der Waals surface area contributed by atoms with Crippen molar-refractivity contribution in [2.75, 3.05) is 5.73 Å². The van der Waals surface area contributed by atoms with Gasteiger partial charge in [-0.15, -0.1) is 0 Å². The van der Waals surface area contributed by atoms with Crippen LogP contribution >= 0.6 is 11.6 Å². The van der Waals surface area contributed by atoms with Crippen molar-refractivity contribution in [3.63, 3.8) is 0 Å². The maximum absolute atomic E-state index is 11.8. The van der Waals surface area contributed by atoms with Gasteiger partial charge in [-0.05, 0) is 24.3 Å². The van der Waals surface area contributed by atoms with Crippen LogP contribution in [0.4, 0.5) is 5.69 Å². The molecule has 2 N–H and O–H groups in total. The lowest BCUT2D eigenvalue weighted by Crippen LogP contribution is -2.24. The van der Waals surface area contributed by atoms with E-state index in [-0.39, 0.29) is 5.78 Å². The van der Waals surface area contributed by atoms with Gasteiger partial charge in [0.15, 0.2) is 24.4 Å². The Kier molecular flexibility index (Phi) is 3.75. The van der Waals surface area contributed by atoms with Crippen LogP contribution in [0.3, 0.4) is 0 Å². The van der Waals surface area contributed by atoms with Gasteiger partial charge >= 0.3 is 0 Å². The van der Waals surface area contributed by atoms with E-state index in [0.29, 0.717) is 16.3 Å². The minimum Gasteiger partial charge on any atom is -0.398 e. The molecule has 0 aliphatic rings. The van der Waals surface area contributed by atoms with Gasteiger partial charge in [0, 0.05) is 28.4 Å². The van der Waals surface area contributed by atoms with Crippen molar-refractivity contribution in [2.45, 2.75) is 0 Å². The van der Waals surface area contributed by atoms with Gasteiger partial charge in [0.2, 0.25) is 0 Å². The van der Waals surface area contributed by atoms with E-state index < -0.39 is 0 Å². The zero-order valence-corrected chi connectivity index (χ0v) is 10.3. The van der Waals surface area contributed by atoms with Crippen LogP contribution in [-0.4, -0.2) is 5.78 Å². The Morgan fingerprint density at radius 2 is 1.72 bits per heavy atom. The molecule has 0 saturated heterocycles. The Morgan fingerprint density at radius 1 is 1.11 bits per heavy atom. The summed E-state index contributed by atoms with van der Waals surface area (Å²) in [6.45, 7) is 0. The number of hydrogen-bond donors (Lipinski definition) is 1. The summed E-state index contributed by atoms with van der Waals surface area (Å²) in [5.74, 6) is -0.0732. The van der Waals surface area contributed by atoms with Crippen LogP contribution in [0.5, 0.6) is 0 Å². The van der Waals surface area contributed by atoms with Crippen LogP contribution in [-0.2, 0) is 0 Å². The van der Waals surface area contributed by atoms with Crippen molar-refractivity contribution in [1.82, 2.24) is 0 Å². The fourth-order valence-electron chi connectivity index (χ4n) is 1.41. The molecule has 1 heterocycles. The van der Waals surface area contributed by atoms with Gasteiger partial charge < -0.3 is 5.73 Å². The van der Waals surface area contributed by atoms with Gasteiger partial charge in [0.1, 0.15) is 0 Å². The zero-order valence-electron chi connectivity index (χ0n) is 9.58. The topological polar surface area (TPSA) is 47.0 Å². The lowest BCUT2D eigenvalue weighted by molar-refractivity contribution is -0.568. The van der Waals surface area contributed by atoms with Gasteiger partial charge in [0.05, 0.1) is 6.08 Å². The van der Waals surface area contributed by atoms with Crippen molar-refractivity contribution in [2.24, 2.45) is 0 Å². The number of rotatable bonds is 3. The number of benzene rings is 1. The summed E-state index contributed by atoms with van der Waals surface area (Å²) in [7, 11) is 0. The van der Waals surface area contributed by atoms with E-state index >= 15 is 0 Å². The number of nitrogens with two attached hydrogens (primary N) is 1. The molecule has 0 radical (unpaired) electrons. The lowest BCUT2D eigenvalue weighted by atomic mass is 10.1. The Morgan fingerprint density at radius 3 is 2.33 bits per heavy atom. The first-order valence-electron chi connectivity index (χ1n) is 5.39. The molecule has 0 aliphatic carbocycles. The van der Waals surface area contributed by atoms with Crippen molar-refractivity contribution < 1.29 is 9.36 Å². The predicted octanol–water partition coefficient (Wildman–Crippen LogP) is 2.56. The number of pyridine rings is 1. The number of halogens is 1. The Balaban J connectivity index is 2.11. The van der Waals surface area contributed by atoms with E-state index in [4.69, 9.17) is 17.3 Å². The summed E-state index contributed by atoms with van der Waals surface area (Å²) in [4.78, 5) is 11.8. The molecule has 3 nitrogen and oxygen atoms in total. The van der Waals surface area contributed by atoms with Gasteiger partial charge in [-0.1, -0.05) is 11.6 Å².